The maximum absolute atomic E-state index is 5.53. The van der Waals surface area contributed by atoms with Crippen LogP contribution in [-0.4, -0.2) is 9.97 Å². The fourth-order valence-corrected chi connectivity index (χ4v) is 1.79. The first-order chi connectivity index (χ1) is 7.49. The van der Waals surface area contributed by atoms with Crippen molar-refractivity contribution < 1.29 is 4.42 Å². The highest BCUT2D eigenvalue weighted by molar-refractivity contribution is 5.73. The zero-order valence-corrected chi connectivity index (χ0v) is 10.5. The first kappa shape index (κ1) is 11.1. The Kier molecular flexibility index (Phi) is 2.70. The van der Waals surface area contributed by atoms with Crippen molar-refractivity contribution in [3.63, 3.8) is 0 Å². The van der Waals surface area contributed by atoms with Crippen LogP contribution >= 0.6 is 0 Å². The predicted octanol–water partition coefficient (Wildman–Crippen LogP) is 3.78. The lowest BCUT2D eigenvalue weighted by atomic mass is 9.99. The molecule has 0 unspecified atom stereocenters. The van der Waals surface area contributed by atoms with Gasteiger partial charge in [0, 0.05) is 12.6 Å². The Balaban J connectivity index is 2.73. The van der Waals surface area contributed by atoms with Gasteiger partial charge in [-0.3, -0.25) is 0 Å². The van der Waals surface area contributed by atoms with Gasteiger partial charge in [-0.2, -0.15) is 0 Å². The first-order valence-corrected chi connectivity index (χ1v) is 5.77. The number of nitrogens with zero attached hydrogens (tertiary/aromatic N) is 2. The number of aromatic nitrogens is 2. The van der Waals surface area contributed by atoms with Gasteiger partial charge in [-0.15, -0.1) is 0 Å². The number of oxazole rings is 1. The Morgan fingerprint density at radius 1 is 1.06 bits per heavy atom. The van der Waals surface area contributed by atoms with E-state index in [2.05, 4.69) is 43.7 Å². The monoisotopic (exact) mass is 218 g/mol. The van der Waals surface area contributed by atoms with Crippen molar-refractivity contribution in [1.82, 2.24) is 9.97 Å². The summed E-state index contributed by atoms with van der Waals surface area (Å²) in [4.78, 5) is 8.92. The lowest BCUT2D eigenvalue weighted by Gasteiger charge is -2.10. The summed E-state index contributed by atoms with van der Waals surface area (Å²) >= 11 is 0. The highest BCUT2D eigenvalue weighted by Gasteiger charge is 2.15. The van der Waals surface area contributed by atoms with Crippen LogP contribution in [0.4, 0.5) is 0 Å². The third kappa shape index (κ3) is 1.82. The third-order valence-corrected chi connectivity index (χ3v) is 2.74. The molecule has 0 amide bonds. The molecule has 0 N–H and O–H groups in total. The van der Waals surface area contributed by atoms with Gasteiger partial charge in [0.25, 0.3) is 0 Å². The highest BCUT2D eigenvalue weighted by Crippen LogP contribution is 2.27. The maximum Gasteiger partial charge on any atom is 0.247 e. The molecule has 2 rings (SSSR count). The predicted molar refractivity (Wildman–Crippen MR) is 64.7 cm³/mol. The van der Waals surface area contributed by atoms with Gasteiger partial charge < -0.3 is 4.42 Å². The summed E-state index contributed by atoms with van der Waals surface area (Å²) in [6.07, 6.45) is 0. The van der Waals surface area contributed by atoms with Gasteiger partial charge in [0.05, 0.1) is 0 Å². The van der Waals surface area contributed by atoms with E-state index in [1.165, 1.54) is 5.56 Å². The Morgan fingerprint density at radius 3 is 2.31 bits per heavy atom. The molecular weight excluding hydrogens is 200 g/mol. The molecule has 2 aromatic heterocycles. The van der Waals surface area contributed by atoms with Crippen LogP contribution in [0, 0.1) is 6.92 Å². The average molecular weight is 218 g/mol. The van der Waals surface area contributed by atoms with Crippen LogP contribution in [0.1, 0.15) is 56.7 Å². The number of hydrogen-bond donors (Lipinski definition) is 0. The van der Waals surface area contributed by atoms with E-state index in [0.717, 1.165) is 11.2 Å². The number of rotatable bonds is 2. The summed E-state index contributed by atoms with van der Waals surface area (Å²) in [5.41, 5.74) is 3.89. The van der Waals surface area contributed by atoms with Crippen LogP contribution in [0.15, 0.2) is 10.5 Å². The Bertz CT molecular complexity index is 512. The van der Waals surface area contributed by atoms with E-state index in [9.17, 15) is 0 Å². The molecule has 0 saturated heterocycles. The number of hydrogen-bond acceptors (Lipinski definition) is 3. The summed E-state index contributed by atoms with van der Waals surface area (Å²) in [6.45, 7) is 10.5. The van der Waals surface area contributed by atoms with Crippen LogP contribution < -0.4 is 0 Å². The van der Waals surface area contributed by atoms with E-state index in [-0.39, 0.29) is 0 Å². The van der Waals surface area contributed by atoms with E-state index >= 15 is 0 Å². The molecule has 2 aromatic rings. The smallest absolute Gasteiger partial charge is 0.247 e. The van der Waals surface area contributed by atoms with Crippen molar-refractivity contribution in [2.24, 2.45) is 0 Å². The molecule has 86 valence electrons. The molecule has 3 nitrogen and oxygen atoms in total. The quantitative estimate of drug-likeness (QED) is 0.770. The first-order valence-electron chi connectivity index (χ1n) is 5.77. The normalized spacial score (nSPS) is 11.9. The fourth-order valence-electron chi connectivity index (χ4n) is 1.79. The topological polar surface area (TPSA) is 38.9 Å². The minimum atomic E-state index is 0.410. The molecule has 0 saturated carbocycles. The third-order valence-electron chi connectivity index (χ3n) is 2.74. The minimum Gasteiger partial charge on any atom is -0.423 e. The molecule has 2 heterocycles. The van der Waals surface area contributed by atoms with E-state index in [4.69, 9.17) is 4.42 Å². The summed E-state index contributed by atoms with van der Waals surface area (Å²) in [5, 5.41) is 0. The summed E-state index contributed by atoms with van der Waals surface area (Å²) in [7, 11) is 0. The molecule has 0 fully saturated rings. The van der Waals surface area contributed by atoms with Gasteiger partial charge in [0.1, 0.15) is 5.52 Å². The molecule has 0 aliphatic rings. The second-order valence-electron chi connectivity index (χ2n) is 4.83. The van der Waals surface area contributed by atoms with Crippen molar-refractivity contribution in [3.8, 4) is 0 Å². The van der Waals surface area contributed by atoms with E-state index < -0.39 is 0 Å². The van der Waals surface area contributed by atoms with Crippen molar-refractivity contribution in [1.29, 1.82) is 0 Å². The molecular formula is C13H18N2O. The molecule has 16 heavy (non-hydrogen) atoms. The van der Waals surface area contributed by atoms with E-state index in [0.29, 0.717) is 23.4 Å². The lowest BCUT2D eigenvalue weighted by molar-refractivity contribution is 0.549. The molecule has 0 aromatic carbocycles. The molecule has 0 bridgehead atoms. The van der Waals surface area contributed by atoms with Gasteiger partial charge in [0.15, 0.2) is 5.89 Å². The molecule has 3 heteroatoms. The Labute approximate surface area is 95.9 Å². The van der Waals surface area contributed by atoms with E-state index in [1.807, 2.05) is 6.92 Å². The second-order valence-corrected chi connectivity index (χ2v) is 4.83. The molecule has 0 atom stereocenters. The Hall–Kier alpha value is -1.38. The van der Waals surface area contributed by atoms with Crippen LogP contribution in [0.2, 0.25) is 0 Å². The van der Waals surface area contributed by atoms with Crippen molar-refractivity contribution >= 4 is 11.2 Å². The number of aryl methyl sites for hydroxylation is 1. The van der Waals surface area contributed by atoms with Crippen molar-refractivity contribution in [2.75, 3.05) is 0 Å². The molecule has 0 spiro atoms. The van der Waals surface area contributed by atoms with Crippen LogP contribution in [0.3, 0.4) is 0 Å². The number of fused-ring (bicyclic) bond motifs is 1. The standard InChI is InChI=1S/C13H18N2O/c1-7(2)10-6-11(8(3)4)15-13-12(10)14-9(5)16-13/h6-8H,1-5H3. The maximum atomic E-state index is 5.53. The molecule has 0 aliphatic carbocycles. The van der Waals surface area contributed by atoms with Crippen LogP contribution in [0.5, 0.6) is 0 Å². The Morgan fingerprint density at radius 2 is 1.75 bits per heavy atom. The minimum absolute atomic E-state index is 0.410. The summed E-state index contributed by atoms with van der Waals surface area (Å²) in [6, 6.07) is 2.15. The van der Waals surface area contributed by atoms with Gasteiger partial charge >= 0.3 is 0 Å². The highest BCUT2D eigenvalue weighted by atomic mass is 16.4. The zero-order chi connectivity index (χ0) is 11.9. The van der Waals surface area contributed by atoms with Gasteiger partial charge in [0.2, 0.25) is 5.71 Å². The van der Waals surface area contributed by atoms with Crippen molar-refractivity contribution in [2.45, 2.75) is 46.5 Å². The fraction of sp³-hybridized carbons (Fsp3) is 0.538. The number of pyridine rings is 1. The largest absolute Gasteiger partial charge is 0.423 e. The lowest BCUT2D eigenvalue weighted by Crippen LogP contribution is -1.98. The van der Waals surface area contributed by atoms with Crippen molar-refractivity contribution in [3.05, 3.63) is 23.2 Å². The van der Waals surface area contributed by atoms with Gasteiger partial charge in [-0.1, -0.05) is 27.7 Å². The van der Waals surface area contributed by atoms with Gasteiger partial charge in [-0.25, -0.2) is 9.97 Å². The SMILES string of the molecule is Cc1nc2c(C(C)C)cc(C(C)C)nc2o1. The second kappa shape index (κ2) is 3.89. The van der Waals surface area contributed by atoms with Crippen LogP contribution in [-0.2, 0) is 0 Å². The van der Waals surface area contributed by atoms with Gasteiger partial charge in [-0.05, 0) is 23.5 Å². The average Bonchev–Trinajstić information content (AvgIpc) is 2.55. The molecule has 0 aliphatic heterocycles. The van der Waals surface area contributed by atoms with E-state index in [1.54, 1.807) is 0 Å². The zero-order valence-electron chi connectivity index (χ0n) is 10.5. The van der Waals surface area contributed by atoms with Crippen LogP contribution in [0.25, 0.3) is 11.2 Å². The summed E-state index contributed by atoms with van der Waals surface area (Å²) in [5.74, 6) is 1.53. The molecule has 0 radical (unpaired) electrons. The summed E-state index contributed by atoms with van der Waals surface area (Å²) < 4.78 is 5.53.